The Labute approximate surface area is 239 Å². The summed E-state index contributed by atoms with van der Waals surface area (Å²) in [6.07, 6.45) is 3.99. The van der Waals surface area contributed by atoms with E-state index in [1.54, 1.807) is 23.6 Å². The highest BCUT2D eigenvalue weighted by Gasteiger charge is 2.35. The Kier molecular flexibility index (Phi) is 7.00. The standard InChI is InChI=1S/C32H26ClN3O3S/c1-3-35-19-22(24-12-8-9-13-25(24)35)18-26-30(37)36-29(21-14-16-23(33)17-15-21)27(31(38)39-4-2)28(34-32(36)40-26)20-10-6-5-7-11-20/h5-19,29H,3-4H2,1-2H3/b26-18-/t29-/m0/s1. The number of aryl methyl sites for hydroxylation is 1. The van der Waals surface area contributed by atoms with Gasteiger partial charge in [0, 0.05) is 39.8 Å². The molecular weight excluding hydrogens is 542 g/mol. The van der Waals surface area contributed by atoms with Gasteiger partial charge in [-0.1, -0.05) is 83.6 Å². The molecule has 200 valence electrons. The number of benzene rings is 3. The second-order valence-corrected chi connectivity index (χ2v) is 10.8. The van der Waals surface area contributed by atoms with E-state index >= 15 is 0 Å². The zero-order valence-corrected chi connectivity index (χ0v) is 23.6. The minimum atomic E-state index is -0.734. The van der Waals surface area contributed by atoms with Gasteiger partial charge in [-0.15, -0.1) is 0 Å². The largest absolute Gasteiger partial charge is 0.463 e. The van der Waals surface area contributed by atoms with Crippen LogP contribution in [0.3, 0.4) is 0 Å². The molecule has 3 aromatic carbocycles. The molecule has 5 aromatic rings. The first-order valence-electron chi connectivity index (χ1n) is 13.1. The van der Waals surface area contributed by atoms with Crippen LogP contribution in [-0.4, -0.2) is 21.7 Å². The molecule has 8 heteroatoms. The molecule has 0 fully saturated rings. The minimum absolute atomic E-state index is 0.198. The molecule has 0 N–H and O–H groups in total. The third-order valence-corrected chi connectivity index (χ3v) is 8.24. The van der Waals surface area contributed by atoms with Crippen molar-refractivity contribution in [1.82, 2.24) is 9.13 Å². The zero-order valence-electron chi connectivity index (χ0n) is 22.0. The van der Waals surface area contributed by atoms with E-state index in [0.29, 0.717) is 25.6 Å². The molecule has 0 bridgehead atoms. The van der Waals surface area contributed by atoms with Gasteiger partial charge in [0.05, 0.1) is 28.5 Å². The van der Waals surface area contributed by atoms with E-state index in [0.717, 1.165) is 34.1 Å². The number of carbonyl (C=O) groups is 1. The van der Waals surface area contributed by atoms with E-state index in [1.165, 1.54) is 11.3 Å². The Morgan fingerprint density at radius 3 is 2.48 bits per heavy atom. The van der Waals surface area contributed by atoms with Crippen molar-refractivity contribution in [2.45, 2.75) is 26.4 Å². The number of thiazole rings is 1. The smallest absolute Gasteiger partial charge is 0.338 e. The van der Waals surface area contributed by atoms with Crippen LogP contribution in [0, 0.1) is 0 Å². The average Bonchev–Trinajstić information content (AvgIpc) is 3.50. The van der Waals surface area contributed by atoms with Crippen molar-refractivity contribution in [2.75, 3.05) is 6.61 Å². The number of nitrogens with zero attached hydrogens (tertiary/aromatic N) is 3. The lowest BCUT2D eigenvalue weighted by Crippen LogP contribution is -2.40. The SMILES string of the molecule is CCOC(=O)C1=C(c2ccccc2)N=c2s/c(=C\c3cn(CC)c4ccccc34)c(=O)n2[C@H]1c1ccc(Cl)cc1. The molecule has 1 aliphatic heterocycles. The van der Waals surface area contributed by atoms with Crippen LogP contribution in [0.2, 0.25) is 5.02 Å². The number of fused-ring (bicyclic) bond motifs is 2. The van der Waals surface area contributed by atoms with Gasteiger partial charge in [0.15, 0.2) is 4.80 Å². The fourth-order valence-corrected chi connectivity index (χ4v) is 6.31. The van der Waals surface area contributed by atoms with Crippen LogP contribution in [0.25, 0.3) is 22.7 Å². The van der Waals surface area contributed by atoms with Gasteiger partial charge in [0.2, 0.25) is 0 Å². The van der Waals surface area contributed by atoms with E-state index in [-0.39, 0.29) is 12.2 Å². The summed E-state index contributed by atoms with van der Waals surface area (Å²) >= 11 is 7.53. The molecule has 0 saturated heterocycles. The highest BCUT2D eigenvalue weighted by atomic mass is 35.5. The number of hydrogen-bond acceptors (Lipinski definition) is 5. The fourth-order valence-electron chi connectivity index (χ4n) is 5.19. The number of aromatic nitrogens is 2. The van der Waals surface area contributed by atoms with Crippen LogP contribution in [0.4, 0.5) is 0 Å². The van der Waals surface area contributed by atoms with Crippen molar-refractivity contribution >= 4 is 51.6 Å². The Bertz CT molecular complexity index is 1950. The number of rotatable bonds is 6. The Hall–Kier alpha value is -4.20. The van der Waals surface area contributed by atoms with Crippen LogP contribution in [0.15, 0.2) is 100 Å². The molecule has 0 saturated carbocycles. The predicted octanol–water partition coefficient (Wildman–Crippen LogP) is 5.56. The Morgan fingerprint density at radius 2 is 1.75 bits per heavy atom. The van der Waals surface area contributed by atoms with Crippen molar-refractivity contribution in [3.05, 3.63) is 132 Å². The molecule has 0 radical (unpaired) electrons. The van der Waals surface area contributed by atoms with Gasteiger partial charge in [0.25, 0.3) is 5.56 Å². The summed E-state index contributed by atoms with van der Waals surface area (Å²) in [6, 6.07) is 24.1. The summed E-state index contributed by atoms with van der Waals surface area (Å²) in [6.45, 7) is 4.87. The van der Waals surface area contributed by atoms with Gasteiger partial charge in [-0.3, -0.25) is 9.36 Å². The molecule has 6 nitrogen and oxygen atoms in total. The summed E-state index contributed by atoms with van der Waals surface area (Å²) in [4.78, 5) is 33.1. The fraction of sp³-hybridized carbons (Fsp3) is 0.156. The van der Waals surface area contributed by atoms with Crippen LogP contribution in [0.5, 0.6) is 0 Å². The lowest BCUT2D eigenvalue weighted by atomic mass is 9.93. The van der Waals surface area contributed by atoms with Gasteiger partial charge in [-0.2, -0.15) is 0 Å². The second-order valence-electron chi connectivity index (χ2n) is 9.37. The Balaban J connectivity index is 1.65. The van der Waals surface area contributed by atoms with Crippen LogP contribution >= 0.6 is 22.9 Å². The lowest BCUT2D eigenvalue weighted by molar-refractivity contribution is -0.138. The maximum absolute atomic E-state index is 14.1. The molecule has 2 aromatic heterocycles. The monoisotopic (exact) mass is 567 g/mol. The molecule has 0 spiro atoms. The molecule has 1 atom stereocenters. The predicted molar refractivity (Wildman–Crippen MR) is 160 cm³/mol. The number of para-hydroxylation sites is 1. The molecule has 0 amide bonds. The average molecular weight is 568 g/mol. The third-order valence-electron chi connectivity index (χ3n) is 7.01. The second kappa shape index (κ2) is 10.8. The number of esters is 1. The summed E-state index contributed by atoms with van der Waals surface area (Å²) in [5.41, 5.74) is 4.18. The van der Waals surface area contributed by atoms with Gasteiger partial charge >= 0.3 is 5.97 Å². The van der Waals surface area contributed by atoms with Gasteiger partial charge in [-0.05, 0) is 43.7 Å². The maximum atomic E-state index is 14.1. The first-order valence-corrected chi connectivity index (χ1v) is 14.3. The summed E-state index contributed by atoms with van der Waals surface area (Å²) in [5, 5.41) is 1.63. The van der Waals surface area contributed by atoms with Crippen molar-refractivity contribution < 1.29 is 9.53 Å². The third kappa shape index (κ3) is 4.51. The topological polar surface area (TPSA) is 65.6 Å². The van der Waals surface area contributed by atoms with E-state index in [9.17, 15) is 9.59 Å². The van der Waals surface area contributed by atoms with Crippen molar-refractivity contribution in [1.29, 1.82) is 0 Å². The van der Waals surface area contributed by atoms with E-state index in [4.69, 9.17) is 21.3 Å². The molecule has 6 rings (SSSR count). The van der Waals surface area contributed by atoms with Crippen molar-refractivity contribution in [3.63, 3.8) is 0 Å². The number of ether oxygens (including phenoxy) is 1. The molecule has 3 heterocycles. The van der Waals surface area contributed by atoms with E-state index in [1.807, 2.05) is 60.7 Å². The van der Waals surface area contributed by atoms with E-state index in [2.05, 4.69) is 29.8 Å². The van der Waals surface area contributed by atoms with Crippen molar-refractivity contribution in [2.24, 2.45) is 4.99 Å². The summed E-state index contributed by atoms with van der Waals surface area (Å²) in [5.74, 6) is -0.509. The number of carbonyl (C=O) groups excluding carboxylic acids is 1. The minimum Gasteiger partial charge on any atom is -0.463 e. The summed E-state index contributed by atoms with van der Waals surface area (Å²) in [7, 11) is 0. The lowest BCUT2D eigenvalue weighted by Gasteiger charge is -2.25. The summed E-state index contributed by atoms with van der Waals surface area (Å²) < 4.78 is 9.84. The number of hydrogen-bond donors (Lipinski definition) is 0. The molecular formula is C32H26ClN3O3S. The number of halogens is 1. The maximum Gasteiger partial charge on any atom is 0.338 e. The first-order chi connectivity index (χ1) is 19.5. The Morgan fingerprint density at radius 1 is 1.02 bits per heavy atom. The van der Waals surface area contributed by atoms with Crippen LogP contribution in [0.1, 0.15) is 36.6 Å². The van der Waals surface area contributed by atoms with Gasteiger partial charge in [0.1, 0.15) is 0 Å². The van der Waals surface area contributed by atoms with Gasteiger partial charge < -0.3 is 9.30 Å². The normalized spacial score (nSPS) is 15.3. The zero-order chi connectivity index (χ0) is 27.8. The molecule has 1 aliphatic rings. The van der Waals surface area contributed by atoms with Gasteiger partial charge in [-0.25, -0.2) is 9.79 Å². The van der Waals surface area contributed by atoms with Crippen LogP contribution in [-0.2, 0) is 16.1 Å². The van der Waals surface area contributed by atoms with Crippen LogP contribution < -0.4 is 14.9 Å². The highest BCUT2D eigenvalue weighted by molar-refractivity contribution is 7.07. The molecule has 0 aliphatic carbocycles. The highest BCUT2D eigenvalue weighted by Crippen LogP contribution is 2.35. The van der Waals surface area contributed by atoms with Crippen molar-refractivity contribution in [3.8, 4) is 0 Å². The van der Waals surface area contributed by atoms with E-state index < -0.39 is 12.0 Å². The first kappa shape index (κ1) is 26.0. The molecule has 0 unspecified atom stereocenters. The molecule has 40 heavy (non-hydrogen) atoms. The quantitative estimate of drug-likeness (QED) is 0.252.